The zero-order valence-electron chi connectivity index (χ0n) is 20.4. The molecule has 2 aliphatic heterocycles. The molecule has 2 heterocycles. The Hall–Kier alpha value is -2.35. The van der Waals surface area contributed by atoms with Gasteiger partial charge >= 0.3 is 6.03 Å². The van der Waals surface area contributed by atoms with E-state index in [1.807, 2.05) is 20.8 Å². The van der Waals surface area contributed by atoms with Gasteiger partial charge in [-0.15, -0.1) is 0 Å². The molecule has 0 spiro atoms. The number of aliphatic hydroxyl groups is 1. The molecule has 3 atom stereocenters. The quantitative estimate of drug-likeness (QED) is 0.692. The summed E-state index contributed by atoms with van der Waals surface area (Å²) >= 11 is 0. The van der Waals surface area contributed by atoms with E-state index in [0.717, 1.165) is 44.9 Å². The smallest absolute Gasteiger partial charge is 0.320 e. The molecule has 0 aromatic heterocycles. The minimum absolute atomic E-state index is 0.0159. The van der Waals surface area contributed by atoms with Gasteiger partial charge in [0.15, 0.2) is 0 Å². The Bertz CT molecular complexity index is 965. The zero-order chi connectivity index (χ0) is 24.2. The number of nitrogens with one attached hydrogen (secondary N) is 1. The van der Waals surface area contributed by atoms with Crippen LogP contribution in [0.3, 0.4) is 0 Å². The Kier molecular flexibility index (Phi) is 5.90. The third-order valence-electron chi connectivity index (χ3n) is 9.48. The first-order valence-corrected chi connectivity index (χ1v) is 13.4. The second-order valence-corrected chi connectivity index (χ2v) is 11.7. The predicted octanol–water partition coefficient (Wildman–Crippen LogP) is 2.84. The third-order valence-corrected chi connectivity index (χ3v) is 9.48. The fraction of sp³-hybridized carbons (Fsp3) is 0.704. The molecule has 3 unspecified atom stereocenters. The molecule has 4 saturated carbocycles. The molecule has 6 fully saturated rings. The topological polar surface area (TPSA) is 76.1 Å². The normalized spacial score (nSPS) is 36.4. The van der Waals surface area contributed by atoms with Gasteiger partial charge in [0, 0.05) is 45.3 Å². The minimum atomic E-state index is -0.314. The van der Waals surface area contributed by atoms with Gasteiger partial charge in [0.2, 0.25) is 5.91 Å². The van der Waals surface area contributed by atoms with Crippen LogP contribution < -0.4 is 10.2 Å². The van der Waals surface area contributed by atoms with Crippen LogP contribution in [0.4, 0.5) is 14.9 Å². The van der Waals surface area contributed by atoms with Gasteiger partial charge in [-0.25, -0.2) is 9.18 Å². The van der Waals surface area contributed by atoms with E-state index in [2.05, 4.69) is 5.32 Å². The molecular weight excluding hydrogens is 447 g/mol. The highest BCUT2D eigenvalue weighted by atomic mass is 19.1. The van der Waals surface area contributed by atoms with Crippen LogP contribution in [0.15, 0.2) is 24.3 Å². The zero-order valence-corrected chi connectivity index (χ0v) is 20.4. The van der Waals surface area contributed by atoms with Gasteiger partial charge in [-0.1, -0.05) is 12.1 Å². The number of carbonyl (C=O) groups excluding carboxylic acids is 2. The van der Waals surface area contributed by atoms with Crippen LogP contribution in [0.1, 0.15) is 44.9 Å². The molecule has 3 amide bonds. The molecule has 4 bridgehead atoms. The molecule has 8 heteroatoms. The summed E-state index contributed by atoms with van der Waals surface area (Å²) in [6, 6.07) is 6.80. The SMILES string of the molecule is O=C(N1CCN(c2ccccc2F)CC1)N1CCCC(NC(=O)C23CC4CC(C2)C(O)C(C4)C3)C1. The van der Waals surface area contributed by atoms with Crippen molar-refractivity contribution in [2.45, 2.75) is 57.1 Å². The molecule has 4 aliphatic carbocycles. The maximum atomic E-state index is 14.1. The van der Waals surface area contributed by atoms with E-state index < -0.39 is 0 Å². The first-order chi connectivity index (χ1) is 16.9. The van der Waals surface area contributed by atoms with Crippen molar-refractivity contribution in [2.75, 3.05) is 44.2 Å². The summed E-state index contributed by atoms with van der Waals surface area (Å²) in [5, 5.41) is 13.9. The molecule has 190 valence electrons. The van der Waals surface area contributed by atoms with Crippen molar-refractivity contribution in [1.29, 1.82) is 0 Å². The van der Waals surface area contributed by atoms with E-state index in [1.165, 1.54) is 6.07 Å². The Morgan fingerprint density at radius 1 is 0.971 bits per heavy atom. The second-order valence-electron chi connectivity index (χ2n) is 11.7. The number of amides is 3. The van der Waals surface area contributed by atoms with Crippen molar-refractivity contribution in [3.63, 3.8) is 0 Å². The average Bonchev–Trinajstić information content (AvgIpc) is 2.87. The molecule has 7 nitrogen and oxygen atoms in total. The summed E-state index contributed by atoms with van der Waals surface area (Å²) in [5.41, 5.74) is 0.281. The standard InChI is InChI=1S/C27H37FN4O3/c28-22-5-1-2-6-23(22)30-8-10-31(11-9-30)26(35)32-7-3-4-21(17-32)29-25(34)27-14-18-12-19(15-27)24(33)20(13-18)16-27/h1-2,5-6,18-21,24,33H,3-4,7-17H2,(H,29,34). The highest BCUT2D eigenvalue weighted by Gasteiger charge is 2.58. The summed E-state index contributed by atoms with van der Waals surface area (Å²) in [4.78, 5) is 32.5. The van der Waals surface area contributed by atoms with Gasteiger partial charge < -0.3 is 25.1 Å². The summed E-state index contributed by atoms with van der Waals surface area (Å²) in [7, 11) is 0. The van der Waals surface area contributed by atoms with E-state index >= 15 is 0 Å². The lowest BCUT2D eigenvalue weighted by molar-refractivity contribution is -0.163. The number of urea groups is 1. The van der Waals surface area contributed by atoms with Crippen LogP contribution >= 0.6 is 0 Å². The molecule has 6 aliphatic rings. The highest BCUT2D eigenvalue weighted by molar-refractivity contribution is 5.83. The molecule has 1 aromatic carbocycles. The fourth-order valence-corrected chi connectivity index (χ4v) is 7.93. The van der Waals surface area contributed by atoms with Gasteiger partial charge in [-0.2, -0.15) is 0 Å². The predicted molar refractivity (Wildman–Crippen MR) is 130 cm³/mol. The Balaban J connectivity index is 1.04. The number of piperidine rings is 1. The van der Waals surface area contributed by atoms with E-state index in [0.29, 0.717) is 50.9 Å². The Labute approximate surface area is 206 Å². The van der Waals surface area contributed by atoms with Crippen molar-refractivity contribution in [1.82, 2.24) is 15.1 Å². The number of carbonyl (C=O) groups is 2. The minimum Gasteiger partial charge on any atom is -0.393 e. The summed E-state index contributed by atoms with van der Waals surface area (Å²) < 4.78 is 14.1. The number of hydrogen-bond acceptors (Lipinski definition) is 4. The lowest BCUT2D eigenvalue weighted by atomic mass is 9.48. The van der Waals surface area contributed by atoms with Crippen LogP contribution in [0.5, 0.6) is 0 Å². The number of para-hydroxylation sites is 1. The molecular formula is C27H37FN4O3. The largest absolute Gasteiger partial charge is 0.393 e. The number of rotatable bonds is 3. The van der Waals surface area contributed by atoms with Crippen molar-refractivity contribution in [3.05, 3.63) is 30.1 Å². The van der Waals surface area contributed by atoms with Crippen molar-refractivity contribution < 1.29 is 19.1 Å². The fourth-order valence-electron chi connectivity index (χ4n) is 7.93. The number of hydrogen-bond donors (Lipinski definition) is 2. The number of benzene rings is 1. The Morgan fingerprint density at radius 3 is 2.40 bits per heavy atom. The van der Waals surface area contributed by atoms with Crippen LogP contribution in [-0.2, 0) is 4.79 Å². The van der Waals surface area contributed by atoms with Crippen molar-refractivity contribution in [2.24, 2.45) is 23.2 Å². The van der Waals surface area contributed by atoms with Gasteiger partial charge in [0.1, 0.15) is 5.82 Å². The van der Waals surface area contributed by atoms with Gasteiger partial charge in [-0.3, -0.25) is 4.79 Å². The van der Waals surface area contributed by atoms with Crippen LogP contribution in [0.2, 0.25) is 0 Å². The number of aliphatic hydroxyl groups excluding tert-OH is 1. The number of likely N-dealkylation sites (tertiary alicyclic amines) is 1. The Morgan fingerprint density at radius 2 is 1.69 bits per heavy atom. The van der Waals surface area contributed by atoms with E-state index in [1.54, 1.807) is 12.1 Å². The van der Waals surface area contributed by atoms with Crippen LogP contribution in [0.25, 0.3) is 0 Å². The summed E-state index contributed by atoms with van der Waals surface area (Å²) in [6.07, 6.45) is 6.28. The summed E-state index contributed by atoms with van der Waals surface area (Å²) in [5.74, 6) is 1.06. The average molecular weight is 485 g/mol. The molecule has 0 radical (unpaired) electrons. The van der Waals surface area contributed by atoms with E-state index in [9.17, 15) is 19.1 Å². The number of halogens is 1. The first-order valence-electron chi connectivity index (χ1n) is 13.4. The second kappa shape index (κ2) is 8.95. The van der Waals surface area contributed by atoms with E-state index in [-0.39, 0.29) is 47.2 Å². The van der Waals surface area contributed by atoms with Gasteiger partial charge in [0.05, 0.1) is 17.2 Å². The first kappa shape index (κ1) is 23.1. The molecule has 1 aromatic rings. The lowest BCUT2D eigenvalue weighted by Gasteiger charge is -2.58. The number of nitrogens with zero attached hydrogens (tertiary/aromatic N) is 3. The van der Waals surface area contributed by atoms with Crippen molar-refractivity contribution >= 4 is 17.6 Å². The van der Waals surface area contributed by atoms with Crippen molar-refractivity contribution in [3.8, 4) is 0 Å². The van der Waals surface area contributed by atoms with Crippen LogP contribution in [0, 0.1) is 29.0 Å². The number of anilines is 1. The summed E-state index contributed by atoms with van der Waals surface area (Å²) in [6.45, 7) is 3.61. The molecule has 2 saturated heterocycles. The van der Waals surface area contributed by atoms with E-state index in [4.69, 9.17) is 0 Å². The van der Waals surface area contributed by atoms with Crippen LogP contribution in [-0.4, -0.2) is 78.3 Å². The lowest BCUT2D eigenvalue weighted by Crippen LogP contribution is -2.61. The van der Waals surface area contributed by atoms with Gasteiger partial charge in [-0.05, 0) is 74.8 Å². The maximum absolute atomic E-state index is 14.1. The highest BCUT2D eigenvalue weighted by Crippen LogP contribution is 2.60. The molecule has 7 rings (SSSR count). The maximum Gasteiger partial charge on any atom is 0.320 e. The monoisotopic (exact) mass is 484 g/mol. The molecule has 2 N–H and O–H groups in total. The third kappa shape index (κ3) is 4.17. The molecule has 35 heavy (non-hydrogen) atoms. The van der Waals surface area contributed by atoms with Gasteiger partial charge in [0.25, 0.3) is 0 Å². The number of piperazine rings is 1.